The molecule has 2 aromatic heterocycles. The highest BCUT2D eigenvalue weighted by Crippen LogP contribution is 2.29. The topological polar surface area (TPSA) is 91.4 Å². The van der Waals surface area contributed by atoms with Gasteiger partial charge < -0.3 is 10.6 Å². The fraction of sp³-hybridized carbons (Fsp3) is 0.444. The Hall–Kier alpha value is -2.18. The van der Waals surface area contributed by atoms with E-state index >= 15 is 0 Å². The number of thiophene rings is 1. The number of pyridine rings is 1. The largest absolute Gasteiger partial charge is 0.417 e. The van der Waals surface area contributed by atoms with Crippen LogP contribution in [0.4, 0.5) is 19.0 Å². The summed E-state index contributed by atoms with van der Waals surface area (Å²) < 4.78 is 64.5. The second-order valence-corrected chi connectivity index (χ2v) is 9.89. The molecule has 1 amide bonds. The molecule has 1 aliphatic rings. The van der Waals surface area contributed by atoms with Gasteiger partial charge in [0.25, 0.3) is 10.0 Å². The van der Waals surface area contributed by atoms with E-state index in [4.69, 9.17) is 0 Å². The molecule has 1 unspecified atom stereocenters. The lowest BCUT2D eigenvalue weighted by Gasteiger charge is -2.30. The monoisotopic (exact) mass is 462 g/mol. The van der Waals surface area contributed by atoms with Gasteiger partial charge in [0.1, 0.15) is 10.0 Å². The number of sulfonamides is 1. The Morgan fingerprint density at radius 1 is 1.27 bits per heavy atom. The summed E-state index contributed by atoms with van der Waals surface area (Å²) in [6.45, 7) is 1.01. The second kappa shape index (κ2) is 9.31. The van der Waals surface area contributed by atoms with E-state index in [9.17, 15) is 26.4 Å². The van der Waals surface area contributed by atoms with Crippen LogP contribution in [-0.4, -0.2) is 49.8 Å². The van der Waals surface area contributed by atoms with E-state index < -0.39 is 27.7 Å². The second-order valence-electron chi connectivity index (χ2n) is 6.78. The average molecular weight is 463 g/mol. The number of aromatic nitrogens is 1. The van der Waals surface area contributed by atoms with Crippen LogP contribution < -0.4 is 10.6 Å². The van der Waals surface area contributed by atoms with E-state index in [1.807, 2.05) is 0 Å². The van der Waals surface area contributed by atoms with Crippen molar-refractivity contribution >= 4 is 33.1 Å². The number of anilines is 1. The van der Waals surface area contributed by atoms with Crippen LogP contribution in [0.5, 0.6) is 0 Å². The number of carbonyl (C=O) groups excluding carboxylic acids is 1. The molecule has 0 bridgehead atoms. The molecule has 0 radical (unpaired) electrons. The first-order valence-electron chi connectivity index (χ1n) is 9.26. The molecular weight excluding hydrogens is 441 g/mol. The van der Waals surface area contributed by atoms with Crippen molar-refractivity contribution in [3.05, 3.63) is 41.4 Å². The molecular formula is C18H21F3N4O3S2. The van der Waals surface area contributed by atoms with Crippen molar-refractivity contribution in [1.82, 2.24) is 14.6 Å². The van der Waals surface area contributed by atoms with Gasteiger partial charge in [-0.1, -0.05) is 6.07 Å². The summed E-state index contributed by atoms with van der Waals surface area (Å²) >= 11 is 1.14. The van der Waals surface area contributed by atoms with Crippen molar-refractivity contribution in [3.8, 4) is 0 Å². The Kier molecular flexibility index (Phi) is 6.98. The van der Waals surface area contributed by atoms with Crippen LogP contribution in [0.25, 0.3) is 0 Å². The summed E-state index contributed by atoms with van der Waals surface area (Å²) in [6, 6.07) is 5.37. The molecule has 0 aromatic carbocycles. The van der Waals surface area contributed by atoms with Gasteiger partial charge in [-0.05, 0) is 36.4 Å². The molecule has 30 heavy (non-hydrogen) atoms. The zero-order valence-corrected chi connectivity index (χ0v) is 17.5. The van der Waals surface area contributed by atoms with Crippen LogP contribution >= 0.6 is 11.3 Å². The minimum Gasteiger partial charge on any atom is -0.368 e. The zero-order chi connectivity index (χ0) is 21.8. The molecule has 3 heterocycles. The van der Waals surface area contributed by atoms with Gasteiger partial charge >= 0.3 is 6.18 Å². The SMILES string of the molecule is O=C(NCCNc1ccc(C(F)(F)F)cn1)C1CCCN(S(=O)(=O)c2cccs2)C1. The number of carbonyl (C=O) groups is 1. The smallest absolute Gasteiger partial charge is 0.368 e. The minimum absolute atomic E-state index is 0.125. The van der Waals surface area contributed by atoms with Crippen molar-refractivity contribution in [2.75, 3.05) is 31.5 Å². The number of nitrogens with one attached hydrogen (secondary N) is 2. The van der Waals surface area contributed by atoms with Crippen LogP contribution in [0, 0.1) is 5.92 Å². The number of halogens is 3. The van der Waals surface area contributed by atoms with Gasteiger partial charge in [-0.15, -0.1) is 11.3 Å². The lowest BCUT2D eigenvalue weighted by Crippen LogP contribution is -2.45. The third-order valence-corrected chi connectivity index (χ3v) is 7.90. The lowest BCUT2D eigenvalue weighted by molar-refractivity contribution is -0.137. The van der Waals surface area contributed by atoms with Crippen molar-refractivity contribution < 1.29 is 26.4 Å². The number of piperidine rings is 1. The molecule has 1 saturated heterocycles. The first kappa shape index (κ1) is 22.5. The molecule has 1 fully saturated rings. The van der Waals surface area contributed by atoms with Gasteiger partial charge in [0.15, 0.2) is 0 Å². The number of hydrogen-bond acceptors (Lipinski definition) is 6. The number of amides is 1. The summed E-state index contributed by atoms with van der Waals surface area (Å²) in [7, 11) is -3.59. The normalized spacial score (nSPS) is 18.2. The van der Waals surface area contributed by atoms with Crippen molar-refractivity contribution in [2.24, 2.45) is 5.92 Å². The molecule has 0 saturated carbocycles. The third kappa shape index (κ3) is 5.49. The van der Waals surface area contributed by atoms with Gasteiger partial charge in [-0.2, -0.15) is 17.5 Å². The summed E-state index contributed by atoms with van der Waals surface area (Å²) in [5, 5.41) is 7.27. The maximum absolute atomic E-state index is 12.6. The van der Waals surface area contributed by atoms with Crippen LogP contribution in [0.1, 0.15) is 18.4 Å². The maximum Gasteiger partial charge on any atom is 0.417 e. The van der Waals surface area contributed by atoms with E-state index in [1.54, 1.807) is 17.5 Å². The highest BCUT2D eigenvalue weighted by Gasteiger charge is 2.33. The van der Waals surface area contributed by atoms with Crippen LogP contribution in [0.15, 0.2) is 40.1 Å². The molecule has 12 heteroatoms. The molecule has 164 valence electrons. The van der Waals surface area contributed by atoms with E-state index in [0.717, 1.165) is 23.6 Å². The van der Waals surface area contributed by atoms with E-state index in [0.29, 0.717) is 19.4 Å². The molecule has 3 rings (SSSR count). The third-order valence-electron chi connectivity index (χ3n) is 4.67. The fourth-order valence-corrected chi connectivity index (χ4v) is 5.77. The fourth-order valence-electron chi connectivity index (χ4n) is 3.10. The van der Waals surface area contributed by atoms with E-state index in [1.165, 1.54) is 10.4 Å². The minimum atomic E-state index is -4.44. The quantitative estimate of drug-likeness (QED) is 0.618. The number of rotatable bonds is 7. The van der Waals surface area contributed by atoms with Gasteiger partial charge in [-0.3, -0.25) is 4.79 Å². The standard InChI is InChI=1S/C18H21F3N4O3S2/c19-18(20,21)14-5-6-15(24-11-14)22-7-8-23-17(26)13-3-1-9-25(12-13)30(27,28)16-4-2-10-29-16/h2,4-6,10-11,13H,1,3,7-9,12H2,(H,22,24)(H,23,26). The highest BCUT2D eigenvalue weighted by atomic mass is 32.2. The highest BCUT2D eigenvalue weighted by molar-refractivity contribution is 7.91. The molecule has 2 aromatic rings. The Bertz CT molecular complexity index is 948. The Morgan fingerprint density at radius 2 is 2.07 bits per heavy atom. The van der Waals surface area contributed by atoms with Gasteiger partial charge in [0.2, 0.25) is 5.91 Å². The Balaban J connectivity index is 1.46. The van der Waals surface area contributed by atoms with Crippen LogP contribution in [0.3, 0.4) is 0 Å². The van der Waals surface area contributed by atoms with Crippen molar-refractivity contribution in [3.63, 3.8) is 0 Å². The van der Waals surface area contributed by atoms with E-state index in [2.05, 4.69) is 15.6 Å². The van der Waals surface area contributed by atoms with Gasteiger partial charge in [0, 0.05) is 32.4 Å². The lowest BCUT2D eigenvalue weighted by atomic mass is 9.99. The maximum atomic E-state index is 12.6. The predicted molar refractivity (Wildman–Crippen MR) is 107 cm³/mol. The summed E-state index contributed by atoms with van der Waals surface area (Å²) in [5.74, 6) is -0.427. The Morgan fingerprint density at radius 3 is 2.70 bits per heavy atom. The average Bonchev–Trinajstić information content (AvgIpc) is 3.27. The molecule has 1 atom stereocenters. The zero-order valence-electron chi connectivity index (χ0n) is 15.9. The molecule has 0 aliphatic carbocycles. The summed E-state index contributed by atoms with van der Waals surface area (Å²) in [5.41, 5.74) is -0.833. The number of alkyl halides is 3. The van der Waals surface area contributed by atoms with Gasteiger partial charge in [0.05, 0.1) is 11.5 Å². The number of nitrogens with zero attached hydrogens (tertiary/aromatic N) is 2. The van der Waals surface area contributed by atoms with Crippen molar-refractivity contribution in [2.45, 2.75) is 23.2 Å². The molecule has 1 aliphatic heterocycles. The summed E-state index contributed by atoms with van der Waals surface area (Å²) in [4.78, 5) is 16.1. The molecule has 2 N–H and O–H groups in total. The van der Waals surface area contributed by atoms with Crippen LogP contribution in [0.2, 0.25) is 0 Å². The first-order valence-corrected chi connectivity index (χ1v) is 11.6. The van der Waals surface area contributed by atoms with Crippen molar-refractivity contribution in [1.29, 1.82) is 0 Å². The predicted octanol–water partition coefficient (Wildman–Crippen LogP) is 2.79. The summed E-state index contributed by atoms with van der Waals surface area (Å²) in [6.07, 6.45) is -2.51. The van der Waals surface area contributed by atoms with Crippen LogP contribution in [-0.2, 0) is 21.0 Å². The van der Waals surface area contributed by atoms with Gasteiger partial charge in [-0.25, -0.2) is 13.4 Å². The Labute approximate surface area is 176 Å². The van der Waals surface area contributed by atoms with E-state index in [-0.39, 0.29) is 35.6 Å². The first-order chi connectivity index (χ1) is 14.2. The molecule has 7 nitrogen and oxygen atoms in total. The number of hydrogen-bond donors (Lipinski definition) is 2. The molecule has 0 spiro atoms.